The number of aromatic nitrogens is 1. The molecule has 1 atom stereocenters. The molecule has 0 spiro atoms. The van der Waals surface area contributed by atoms with E-state index < -0.39 is 0 Å². The molecule has 0 saturated carbocycles. The Morgan fingerprint density at radius 3 is 3.06 bits per heavy atom. The number of nitrogens with zero attached hydrogens (tertiary/aromatic N) is 3. The average molecular weight is 233 g/mol. The molecular weight excluding hydrogens is 218 g/mol. The van der Waals surface area contributed by atoms with Crippen molar-refractivity contribution in [2.24, 2.45) is 0 Å². The average Bonchev–Trinajstić information content (AvgIpc) is 2.81. The smallest absolute Gasteiger partial charge is 0.146 e. The molecule has 1 aliphatic rings. The van der Waals surface area contributed by atoms with Gasteiger partial charge in [-0.1, -0.05) is 0 Å². The first-order valence-corrected chi connectivity index (χ1v) is 6.55. The van der Waals surface area contributed by atoms with E-state index in [0.29, 0.717) is 11.6 Å². The lowest BCUT2D eigenvalue weighted by Gasteiger charge is -2.25. The molecule has 0 aromatic carbocycles. The van der Waals surface area contributed by atoms with Crippen LogP contribution in [0.25, 0.3) is 0 Å². The summed E-state index contributed by atoms with van der Waals surface area (Å²) in [6.45, 7) is 1.96. The second-order valence-electron chi connectivity index (χ2n) is 4.07. The number of hydrogen-bond donors (Lipinski definition) is 0. The highest BCUT2D eigenvalue weighted by Gasteiger charge is 2.23. The van der Waals surface area contributed by atoms with Gasteiger partial charge in [0.1, 0.15) is 11.9 Å². The fraction of sp³-hybridized carbons (Fsp3) is 0.500. The van der Waals surface area contributed by atoms with Crippen LogP contribution in [-0.4, -0.2) is 29.6 Å². The standard InChI is InChI=1S/C12H15N3S/c1-9-3-5-14-12(11(9)7-13)15(2)10-4-6-16-8-10/h3,5,10H,4,6,8H2,1-2H3. The maximum Gasteiger partial charge on any atom is 0.146 e. The zero-order valence-electron chi connectivity index (χ0n) is 9.60. The molecule has 0 radical (unpaired) electrons. The Kier molecular flexibility index (Phi) is 3.35. The van der Waals surface area contributed by atoms with Crippen LogP contribution in [0.15, 0.2) is 12.3 Å². The third-order valence-corrected chi connectivity index (χ3v) is 4.18. The molecule has 16 heavy (non-hydrogen) atoms. The highest BCUT2D eigenvalue weighted by molar-refractivity contribution is 7.99. The minimum atomic E-state index is 0.520. The first-order chi connectivity index (χ1) is 7.74. The van der Waals surface area contributed by atoms with E-state index in [2.05, 4.69) is 16.0 Å². The SMILES string of the molecule is Cc1ccnc(N(C)C2CCSC2)c1C#N. The van der Waals surface area contributed by atoms with E-state index in [1.165, 1.54) is 12.2 Å². The van der Waals surface area contributed by atoms with E-state index >= 15 is 0 Å². The molecule has 1 aromatic heterocycles. The van der Waals surface area contributed by atoms with Gasteiger partial charge >= 0.3 is 0 Å². The van der Waals surface area contributed by atoms with Gasteiger partial charge in [0.05, 0.1) is 5.56 Å². The molecule has 1 aliphatic heterocycles. The fourth-order valence-electron chi connectivity index (χ4n) is 1.95. The second-order valence-corrected chi connectivity index (χ2v) is 5.22. The van der Waals surface area contributed by atoms with Crippen LogP contribution >= 0.6 is 11.8 Å². The van der Waals surface area contributed by atoms with Crippen LogP contribution in [0.3, 0.4) is 0 Å². The van der Waals surface area contributed by atoms with Crippen molar-refractivity contribution in [1.29, 1.82) is 5.26 Å². The maximum atomic E-state index is 9.17. The molecule has 1 saturated heterocycles. The molecule has 2 heterocycles. The Bertz CT molecular complexity index is 419. The van der Waals surface area contributed by atoms with Crippen molar-refractivity contribution in [1.82, 2.24) is 4.98 Å². The molecule has 2 rings (SSSR count). The maximum absolute atomic E-state index is 9.17. The molecular formula is C12H15N3S. The van der Waals surface area contributed by atoms with E-state index in [9.17, 15) is 0 Å². The lowest BCUT2D eigenvalue weighted by molar-refractivity contribution is 0.690. The molecule has 0 aliphatic carbocycles. The highest BCUT2D eigenvalue weighted by atomic mass is 32.2. The van der Waals surface area contributed by atoms with E-state index in [4.69, 9.17) is 5.26 Å². The van der Waals surface area contributed by atoms with Crippen LogP contribution in [-0.2, 0) is 0 Å². The van der Waals surface area contributed by atoms with Gasteiger partial charge in [-0.3, -0.25) is 0 Å². The number of anilines is 1. The van der Waals surface area contributed by atoms with Crippen molar-refractivity contribution >= 4 is 17.6 Å². The monoisotopic (exact) mass is 233 g/mol. The summed E-state index contributed by atoms with van der Waals surface area (Å²) < 4.78 is 0. The predicted octanol–water partition coefficient (Wildman–Crippen LogP) is 2.20. The molecule has 84 valence electrons. The lowest BCUT2D eigenvalue weighted by atomic mass is 10.1. The Hall–Kier alpha value is -1.21. The number of thioether (sulfide) groups is 1. The Balaban J connectivity index is 2.32. The largest absolute Gasteiger partial charge is 0.355 e. The van der Waals surface area contributed by atoms with Crippen LogP contribution < -0.4 is 4.90 Å². The second kappa shape index (κ2) is 4.75. The van der Waals surface area contributed by atoms with Gasteiger partial charge in [0, 0.05) is 25.0 Å². The van der Waals surface area contributed by atoms with Gasteiger partial charge < -0.3 is 4.90 Å². The third-order valence-electron chi connectivity index (χ3n) is 3.04. The number of hydrogen-bond acceptors (Lipinski definition) is 4. The fourth-order valence-corrected chi connectivity index (χ4v) is 3.22. The van der Waals surface area contributed by atoms with Crippen LogP contribution in [0.2, 0.25) is 0 Å². The summed E-state index contributed by atoms with van der Waals surface area (Å²) in [5.74, 6) is 3.18. The molecule has 4 heteroatoms. The molecule has 0 bridgehead atoms. The van der Waals surface area contributed by atoms with Gasteiger partial charge in [0.15, 0.2) is 0 Å². The van der Waals surface area contributed by atoms with Crippen LogP contribution in [0.4, 0.5) is 5.82 Å². The zero-order chi connectivity index (χ0) is 11.5. The molecule has 0 N–H and O–H groups in total. The van der Waals surface area contributed by atoms with Gasteiger partial charge in [-0.05, 0) is 30.7 Å². The van der Waals surface area contributed by atoms with E-state index in [1.54, 1.807) is 6.20 Å². The predicted molar refractivity (Wildman–Crippen MR) is 67.8 cm³/mol. The van der Waals surface area contributed by atoms with E-state index in [1.807, 2.05) is 31.8 Å². The van der Waals surface area contributed by atoms with Crippen molar-refractivity contribution in [3.8, 4) is 6.07 Å². The van der Waals surface area contributed by atoms with Crippen LogP contribution in [0, 0.1) is 18.3 Å². The van der Waals surface area contributed by atoms with Gasteiger partial charge in [0.2, 0.25) is 0 Å². The molecule has 1 unspecified atom stereocenters. The first-order valence-electron chi connectivity index (χ1n) is 5.40. The summed E-state index contributed by atoms with van der Waals surface area (Å²) in [4.78, 5) is 6.51. The first kappa shape index (κ1) is 11.3. The number of aryl methyl sites for hydroxylation is 1. The minimum Gasteiger partial charge on any atom is -0.355 e. The zero-order valence-corrected chi connectivity index (χ0v) is 10.4. The number of pyridine rings is 1. The van der Waals surface area contributed by atoms with Gasteiger partial charge in [-0.15, -0.1) is 0 Å². The summed E-state index contributed by atoms with van der Waals surface area (Å²) >= 11 is 1.97. The van der Waals surface area contributed by atoms with Crippen molar-refractivity contribution in [2.75, 3.05) is 23.5 Å². The van der Waals surface area contributed by atoms with Crippen molar-refractivity contribution in [3.05, 3.63) is 23.4 Å². The van der Waals surface area contributed by atoms with Gasteiger partial charge in [-0.2, -0.15) is 17.0 Å². The highest BCUT2D eigenvalue weighted by Crippen LogP contribution is 2.27. The minimum absolute atomic E-state index is 0.520. The van der Waals surface area contributed by atoms with E-state index in [0.717, 1.165) is 17.1 Å². The number of nitriles is 1. The Morgan fingerprint density at radius 2 is 2.44 bits per heavy atom. The lowest BCUT2D eigenvalue weighted by Crippen LogP contribution is -2.32. The summed E-state index contributed by atoms with van der Waals surface area (Å²) in [5, 5.41) is 9.17. The topological polar surface area (TPSA) is 39.9 Å². The van der Waals surface area contributed by atoms with Gasteiger partial charge in [-0.25, -0.2) is 4.98 Å². The van der Waals surface area contributed by atoms with E-state index in [-0.39, 0.29) is 0 Å². The van der Waals surface area contributed by atoms with Gasteiger partial charge in [0.25, 0.3) is 0 Å². The Morgan fingerprint density at radius 1 is 1.62 bits per heavy atom. The Labute approximate surface area is 100 Å². The van der Waals surface area contributed by atoms with Crippen LogP contribution in [0.5, 0.6) is 0 Å². The molecule has 1 fully saturated rings. The summed E-state index contributed by atoms with van der Waals surface area (Å²) in [7, 11) is 2.04. The van der Waals surface area contributed by atoms with Crippen molar-refractivity contribution in [2.45, 2.75) is 19.4 Å². The van der Waals surface area contributed by atoms with Crippen molar-refractivity contribution < 1.29 is 0 Å². The summed E-state index contributed by atoms with van der Waals surface area (Å²) in [6.07, 6.45) is 2.96. The summed E-state index contributed by atoms with van der Waals surface area (Å²) in [6, 6.07) is 4.67. The summed E-state index contributed by atoms with van der Waals surface area (Å²) in [5.41, 5.74) is 1.71. The molecule has 3 nitrogen and oxygen atoms in total. The number of rotatable bonds is 2. The molecule has 1 aromatic rings. The normalized spacial score (nSPS) is 19.4. The quantitative estimate of drug-likeness (QED) is 0.785. The third kappa shape index (κ3) is 2.00. The van der Waals surface area contributed by atoms with Crippen LogP contribution in [0.1, 0.15) is 17.5 Å². The van der Waals surface area contributed by atoms with Crippen molar-refractivity contribution in [3.63, 3.8) is 0 Å². The molecule has 0 amide bonds.